The maximum absolute atomic E-state index is 13.7. The van der Waals surface area contributed by atoms with Gasteiger partial charge >= 0.3 is 5.69 Å². The fourth-order valence-corrected chi connectivity index (χ4v) is 7.92. The molecular formula is C51H44N6O11. The smallest absolute Gasteiger partial charge is 0.330 e. The highest BCUT2D eigenvalue weighted by Crippen LogP contribution is 2.43. The van der Waals surface area contributed by atoms with E-state index in [9.17, 15) is 43.8 Å². The Morgan fingerprint density at radius 2 is 1.49 bits per heavy atom. The fourth-order valence-electron chi connectivity index (χ4n) is 7.92. The third-order valence-electron chi connectivity index (χ3n) is 11.6. The Morgan fingerprint density at radius 1 is 0.794 bits per heavy atom. The number of nitrogens with one attached hydrogen (secondary N) is 4. The van der Waals surface area contributed by atoms with Crippen molar-refractivity contribution in [3.05, 3.63) is 179 Å². The number of nitrogens with zero attached hydrogens (tertiary/aromatic N) is 1. The fraction of sp³-hybridized carbons (Fsp3) is 0.196. The maximum atomic E-state index is 13.7. The van der Waals surface area contributed by atoms with Gasteiger partial charge in [-0.25, -0.2) is 4.79 Å². The molecule has 0 radical (unpaired) electrons. The second-order valence-electron chi connectivity index (χ2n) is 16.0. The van der Waals surface area contributed by atoms with E-state index in [4.69, 9.17) is 14.9 Å². The molecule has 0 saturated carbocycles. The number of benzene rings is 5. The molecule has 3 heterocycles. The molecule has 344 valence electrons. The van der Waals surface area contributed by atoms with Crippen molar-refractivity contribution in [1.82, 2.24) is 25.5 Å². The molecule has 0 unspecified atom stereocenters. The van der Waals surface area contributed by atoms with Crippen molar-refractivity contribution < 1.29 is 38.5 Å². The number of rotatable bonds is 14. The van der Waals surface area contributed by atoms with Crippen LogP contribution in [0.25, 0.3) is 33.4 Å². The lowest BCUT2D eigenvalue weighted by Crippen LogP contribution is -2.34. The quantitative estimate of drug-likeness (QED) is 0.0466. The first-order valence-corrected chi connectivity index (χ1v) is 21.5. The number of H-pyrrole nitrogens is 1. The number of hydrogen-bond donors (Lipinski definition) is 7. The van der Waals surface area contributed by atoms with Crippen LogP contribution < -0.4 is 38.4 Å². The van der Waals surface area contributed by atoms with Crippen LogP contribution in [0, 0.1) is 11.8 Å². The van der Waals surface area contributed by atoms with Crippen molar-refractivity contribution in [2.45, 2.75) is 51.2 Å². The summed E-state index contributed by atoms with van der Waals surface area (Å²) in [6.07, 6.45) is 2.18. The Balaban J connectivity index is 0.945. The molecule has 3 amide bonds. The largest absolute Gasteiger partial charge is 0.507 e. The highest BCUT2D eigenvalue weighted by Gasteiger charge is 2.28. The Morgan fingerprint density at radius 3 is 2.19 bits per heavy atom. The number of amides is 3. The standard InChI is InChI=1S/C51H44N6O11/c52-23-29-4-8-32(9-5-29)48(63)55-25-41-42(61)18-17-39-45(38-16-14-36(60)22-43(38)68-46(39)41)40-21-33(12-13-35(40)27-58)49(64)54-24-30-6-10-31(11-7-30)47(62)53-20-2-1-3-34-26-57(51(66)56-50(34)65)44-19-15-37(28-59)67-44/h4-14,16-18,21-22,26-27,37,44,59,61H,3,15,19-20,23-25,28,52H2,(H,53,62)(H,54,64)(H,55,63)(H,56,65,66)/t37-,44+/m0/s1. The predicted molar refractivity (Wildman–Crippen MR) is 250 cm³/mol. The number of carbonyl (C=O) groups is 4. The minimum atomic E-state index is -0.618. The number of aliphatic hydroxyl groups excluding tert-OH is 1. The molecule has 17 nitrogen and oxygen atoms in total. The number of aliphatic hydroxyl groups is 1. The SMILES string of the molecule is NCc1ccc(C(=O)NCc2c(O)ccc3c(-c4cc(C(=O)NCc5ccc(C(=O)NCC#CCc6cn([C@H]7CC[C@@H](CO)O7)c(=O)[nH]c6=O)cc5)ccc4C=O)c4ccc(=O)cc-4oc23)cc1. The van der Waals surface area contributed by atoms with Crippen LogP contribution in [0.5, 0.6) is 5.75 Å². The zero-order chi connectivity index (χ0) is 47.9. The summed E-state index contributed by atoms with van der Waals surface area (Å²) >= 11 is 0. The molecule has 1 fully saturated rings. The van der Waals surface area contributed by atoms with Gasteiger partial charge in [0.1, 0.15) is 23.3 Å². The van der Waals surface area contributed by atoms with Gasteiger partial charge in [-0.2, -0.15) is 0 Å². The molecule has 1 aliphatic carbocycles. The molecule has 17 heteroatoms. The lowest BCUT2D eigenvalue weighted by Gasteiger charge is -2.19. The first-order valence-electron chi connectivity index (χ1n) is 21.5. The van der Waals surface area contributed by atoms with Gasteiger partial charge < -0.3 is 41.1 Å². The average Bonchev–Trinajstić information content (AvgIpc) is 3.84. The monoisotopic (exact) mass is 916 g/mol. The van der Waals surface area contributed by atoms with E-state index in [1.165, 1.54) is 41.1 Å². The molecule has 2 atom stereocenters. The molecule has 8 N–H and O–H groups in total. The van der Waals surface area contributed by atoms with Gasteiger partial charge in [0.25, 0.3) is 23.3 Å². The van der Waals surface area contributed by atoms with Gasteiger partial charge in [-0.05, 0) is 90.2 Å². The van der Waals surface area contributed by atoms with Crippen molar-refractivity contribution in [1.29, 1.82) is 0 Å². The van der Waals surface area contributed by atoms with E-state index in [1.54, 1.807) is 66.7 Å². The van der Waals surface area contributed by atoms with Crippen molar-refractivity contribution in [3.8, 4) is 40.0 Å². The summed E-state index contributed by atoms with van der Waals surface area (Å²) in [7, 11) is 0. The third kappa shape index (κ3) is 10.0. The number of fused-ring (bicyclic) bond motifs is 2. The van der Waals surface area contributed by atoms with Gasteiger partial charge in [0.05, 0.1) is 31.4 Å². The van der Waals surface area contributed by atoms with Crippen molar-refractivity contribution in [2.75, 3.05) is 13.2 Å². The summed E-state index contributed by atoms with van der Waals surface area (Å²) < 4.78 is 13.2. The van der Waals surface area contributed by atoms with Crippen LogP contribution >= 0.6 is 0 Å². The predicted octanol–water partition coefficient (Wildman–Crippen LogP) is 3.90. The van der Waals surface area contributed by atoms with E-state index in [1.807, 2.05) is 0 Å². The number of aromatic amines is 1. The van der Waals surface area contributed by atoms with Crippen LogP contribution in [0.1, 0.15) is 82.8 Å². The maximum Gasteiger partial charge on any atom is 0.330 e. The Labute approximate surface area is 386 Å². The van der Waals surface area contributed by atoms with E-state index >= 15 is 0 Å². The van der Waals surface area contributed by atoms with Crippen LogP contribution in [0.15, 0.2) is 122 Å². The number of phenols is 1. The molecule has 2 aliphatic heterocycles. The van der Waals surface area contributed by atoms with Crippen molar-refractivity contribution in [2.24, 2.45) is 5.73 Å². The summed E-state index contributed by atoms with van der Waals surface area (Å²) in [6.45, 7) is 0.0640. The number of ether oxygens (including phenoxy) is 1. The van der Waals surface area contributed by atoms with E-state index in [-0.39, 0.29) is 83.5 Å². The van der Waals surface area contributed by atoms with Crippen LogP contribution in [0.4, 0.5) is 0 Å². The molecule has 1 saturated heterocycles. The molecule has 3 aliphatic rings. The van der Waals surface area contributed by atoms with Gasteiger partial charge in [0, 0.05) is 76.1 Å². The van der Waals surface area contributed by atoms with Gasteiger partial charge in [-0.1, -0.05) is 42.2 Å². The van der Waals surface area contributed by atoms with E-state index in [0.717, 1.165) is 5.56 Å². The first kappa shape index (κ1) is 46.1. The number of hydrogen-bond acceptors (Lipinski definition) is 12. The normalized spacial score (nSPS) is 14.3. The molecular weight excluding hydrogens is 873 g/mol. The minimum absolute atomic E-state index is 0.0144. The first-order chi connectivity index (χ1) is 32.9. The van der Waals surface area contributed by atoms with Crippen molar-refractivity contribution >= 4 is 35.0 Å². The Hall–Kier alpha value is -8.43. The third-order valence-corrected chi connectivity index (χ3v) is 11.6. The number of carbonyl (C=O) groups excluding carboxylic acids is 4. The number of nitrogens with two attached hydrogens (primary N) is 1. The van der Waals surface area contributed by atoms with E-state index < -0.39 is 35.2 Å². The molecule has 5 aromatic rings. The summed E-state index contributed by atoms with van der Waals surface area (Å²) in [5.74, 6) is 4.32. The highest BCUT2D eigenvalue weighted by molar-refractivity contribution is 6.08. The summed E-state index contributed by atoms with van der Waals surface area (Å²) in [4.78, 5) is 91.8. The summed E-state index contributed by atoms with van der Waals surface area (Å²) in [5, 5.41) is 29.2. The molecule has 0 bridgehead atoms. The lowest BCUT2D eigenvalue weighted by molar-refractivity contribution is -0.0247. The number of aromatic nitrogens is 2. The van der Waals surface area contributed by atoms with Crippen LogP contribution in [0.2, 0.25) is 0 Å². The minimum Gasteiger partial charge on any atom is -0.507 e. The van der Waals surface area contributed by atoms with Crippen LogP contribution in [-0.2, 0) is 30.8 Å². The summed E-state index contributed by atoms with van der Waals surface area (Å²) in [6, 6.07) is 25.1. The average molecular weight is 917 g/mol. The Kier molecular flexibility index (Phi) is 13.8. The molecule has 68 heavy (non-hydrogen) atoms. The molecule has 0 spiro atoms. The van der Waals surface area contributed by atoms with Gasteiger partial charge in [0.2, 0.25) is 0 Å². The van der Waals surface area contributed by atoms with Gasteiger partial charge in [0.15, 0.2) is 11.7 Å². The topological polar surface area (TPSA) is 265 Å². The number of aldehydes is 1. The summed E-state index contributed by atoms with van der Waals surface area (Å²) in [5.41, 5.74) is 8.72. The van der Waals surface area contributed by atoms with Crippen molar-refractivity contribution in [3.63, 3.8) is 0 Å². The molecule has 8 rings (SSSR count). The molecule has 1 aromatic heterocycles. The van der Waals surface area contributed by atoms with Gasteiger partial charge in [-0.3, -0.25) is 38.3 Å². The van der Waals surface area contributed by atoms with E-state index in [0.29, 0.717) is 64.4 Å². The van der Waals surface area contributed by atoms with E-state index in [2.05, 4.69) is 32.8 Å². The lowest BCUT2D eigenvalue weighted by atomic mass is 9.89. The number of phenolic OH excluding ortho intramolecular Hbond substituents is 1. The van der Waals surface area contributed by atoms with Crippen LogP contribution in [0.3, 0.4) is 0 Å². The zero-order valence-electron chi connectivity index (χ0n) is 36.3. The highest BCUT2D eigenvalue weighted by atomic mass is 16.5. The second-order valence-corrected chi connectivity index (χ2v) is 16.0. The number of aromatic hydroxyl groups is 1. The van der Waals surface area contributed by atoms with Crippen LogP contribution in [-0.4, -0.2) is 63.0 Å². The Bertz CT molecular complexity index is 3290. The zero-order valence-corrected chi connectivity index (χ0v) is 36.3. The van der Waals surface area contributed by atoms with Gasteiger partial charge in [-0.15, -0.1) is 0 Å². The molecule has 4 aromatic carbocycles. The second kappa shape index (κ2) is 20.4.